The highest BCUT2D eigenvalue weighted by atomic mass is 35.5. The number of benzene rings is 1. The summed E-state index contributed by atoms with van der Waals surface area (Å²) in [6.45, 7) is 3.61. The molecule has 18 heavy (non-hydrogen) atoms. The molecule has 4 nitrogen and oxygen atoms in total. The molecule has 0 aliphatic heterocycles. The summed E-state index contributed by atoms with van der Waals surface area (Å²) < 4.78 is 39.7. The van der Waals surface area contributed by atoms with Gasteiger partial charge in [0.2, 0.25) is 10.0 Å². The Hall–Kier alpha value is -0.690. The summed E-state index contributed by atoms with van der Waals surface area (Å²) in [5.74, 6) is -0.727. The number of hydrogen-bond donors (Lipinski definition) is 2. The van der Waals surface area contributed by atoms with E-state index < -0.39 is 15.8 Å². The molecule has 104 valence electrons. The Morgan fingerprint density at radius 2 is 2.00 bits per heavy atom. The van der Waals surface area contributed by atoms with Gasteiger partial charge in [-0.3, -0.25) is 0 Å². The molecule has 0 saturated heterocycles. The molecule has 2 N–H and O–H groups in total. The van der Waals surface area contributed by atoms with E-state index in [0.717, 1.165) is 6.07 Å². The van der Waals surface area contributed by atoms with Crippen molar-refractivity contribution in [3.8, 4) is 0 Å². The number of halogens is 2. The van der Waals surface area contributed by atoms with Crippen LogP contribution in [0.25, 0.3) is 0 Å². The fourth-order valence-corrected chi connectivity index (χ4v) is 2.80. The lowest BCUT2D eigenvalue weighted by Crippen LogP contribution is -2.37. The SMILES string of the molecule is CNC(C)CNS(=O)(=O)c1c(C)cccc1F.Cl. The minimum absolute atomic E-state index is 0. The minimum atomic E-state index is -3.79. The molecular formula is C11H18ClFN2O2S. The van der Waals surface area contributed by atoms with Crippen molar-refractivity contribution in [3.63, 3.8) is 0 Å². The highest BCUT2D eigenvalue weighted by molar-refractivity contribution is 7.89. The normalized spacial score (nSPS) is 12.9. The van der Waals surface area contributed by atoms with Gasteiger partial charge in [-0.1, -0.05) is 12.1 Å². The predicted octanol–water partition coefficient (Wildman–Crippen LogP) is 1.44. The maximum atomic E-state index is 13.5. The van der Waals surface area contributed by atoms with Crippen LogP contribution >= 0.6 is 12.4 Å². The summed E-state index contributed by atoms with van der Waals surface area (Å²) in [5.41, 5.74) is 0.398. The van der Waals surface area contributed by atoms with E-state index in [9.17, 15) is 12.8 Å². The molecular weight excluding hydrogens is 279 g/mol. The molecule has 0 amide bonds. The Kier molecular flexibility index (Phi) is 6.77. The fourth-order valence-electron chi connectivity index (χ4n) is 1.37. The molecule has 1 atom stereocenters. The zero-order valence-corrected chi connectivity index (χ0v) is 12.2. The van der Waals surface area contributed by atoms with Crippen molar-refractivity contribution in [2.75, 3.05) is 13.6 Å². The molecule has 0 heterocycles. The van der Waals surface area contributed by atoms with E-state index >= 15 is 0 Å². The molecule has 0 fully saturated rings. The summed E-state index contributed by atoms with van der Waals surface area (Å²) in [7, 11) is -2.06. The Morgan fingerprint density at radius 3 is 2.50 bits per heavy atom. The molecule has 7 heteroatoms. The first kappa shape index (κ1) is 17.3. The van der Waals surface area contributed by atoms with E-state index in [-0.39, 0.29) is 29.9 Å². The van der Waals surface area contributed by atoms with Gasteiger partial charge in [-0.15, -0.1) is 12.4 Å². The van der Waals surface area contributed by atoms with Crippen molar-refractivity contribution >= 4 is 22.4 Å². The summed E-state index contributed by atoms with van der Waals surface area (Å²) in [6, 6.07) is 4.18. The van der Waals surface area contributed by atoms with Crippen LogP contribution < -0.4 is 10.0 Å². The van der Waals surface area contributed by atoms with Crippen molar-refractivity contribution in [2.45, 2.75) is 24.8 Å². The standard InChI is InChI=1S/C11H17FN2O2S.ClH/c1-8-5-4-6-10(12)11(8)17(15,16)14-7-9(2)13-3;/h4-6,9,13-14H,7H2,1-3H3;1H. The van der Waals surface area contributed by atoms with Crippen molar-refractivity contribution in [2.24, 2.45) is 0 Å². The van der Waals surface area contributed by atoms with Crippen LogP contribution in [0.15, 0.2) is 23.1 Å². The van der Waals surface area contributed by atoms with E-state index in [0.29, 0.717) is 5.56 Å². The summed E-state index contributed by atoms with van der Waals surface area (Å²) in [6.07, 6.45) is 0. The number of aryl methyl sites for hydroxylation is 1. The molecule has 1 unspecified atom stereocenters. The maximum absolute atomic E-state index is 13.5. The van der Waals surface area contributed by atoms with Crippen LogP contribution in [0.2, 0.25) is 0 Å². The molecule has 0 radical (unpaired) electrons. The van der Waals surface area contributed by atoms with Gasteiger partial charge in [-0.2, -0.15) is 0 Å². The number of rotatable bonds is 5. The predicted molar refractivity (Wildman–Crippen MR) is 72.1 cm³/mol. The van der Waals surface area contributed by atoms with Gasteiger partial charge in [0.15, 0.2) is 0 Å². The lowest BCUT2D eigenvalue weighted by molar-refractivity contribution is 0.539. The van der Waals surface area contributed by atoms with E-state index in [1.807, 2.05) is 6.92 Å². The molecule has 1 aromatic carbocycles. The molecule has 0 aliphatic rings. The zero-order valence-electron chi connectivity index (χ0n) is 10.5. The van der Waals surface area contributed by atoms with Gasteiger partial charge in [0.1, 0.15) is 10.7 Å². The molecule has 1 rings (SSSR count). The monoisotopic (exact) mass is 296 g/mol. The third-order valence-electron chi connectivity index (χ3n) is 2.50. The van der Waals surface area contributed by atoms with Crippen LogP contribution in [0.1, 0.15) is 12.5 Å². The van der Waals surface area contributed by atoms with Crippen molar-refractivity contribution < 1.29 is 12.8 Å². The Morgan fingerprint density at radius 1 is 1.39 bits per heavy atom. The molecule has 0 aliphatic carbocycles. The van der Waals surface area contributed by atoms with Gasteiger partial charge in [0.25, 0.3) is 0 Å². The van der Waals surface area contributed by atoms with Crippen LogP contribution in [-0.4, -0.2) is 28.1 Å². The number of nitrogens with one attached hydrogen (secondary N) is 2. The van der Waals surface area contributed by atoms with Crippen LogP contribution in [0, 0.1) is 12.7 Å². The minimum Gasteiger partial charge on any atom is -0.316 e. The number of hydrogen-bond acceptors (Lipinski definition) is 3. The molecule has 1 aromatic rings. The smallest absolute Gasteiger partial charge is 0.243 e. The molecule has 0 saturated carbocycles. The van der Waals surface area contributed by atoms with Gasteiger partial charge in [-0.05, 0) is 32.5 Å². The summed E-state index contributed by atoms with van der Waals surface area (Å²) in [5, 5.41) is 2.90. The second-order valence-corrected chi connectivity index (χ2v) is 5.63. The molecule has 0 aromatic heterocycles. The largest absolute Gasteiger partial charge is 0.316 e. The highest BCUT2D eigenvalue weighted by Crippen LogP contribution is 2.18. The average molecular weight is 297 g/mol. The quantitative estimate of drug-likeness (QED) is 0.864. The first-order chi connectivity index (χ1) is 7.88. The van der Waals surface area contributed by atoms with E-state index in [2.05, 4.69) is 10.0 Å². The van der Waals surface area contributed by atoms with Crippen LogP contribution in [0.4, 0.5) is 4.39 Å². The van der Waals surface area contributed by atoms with Gasteiger partial charge in [0.05, 0.1) is 0 Å². The van der Waals surface area contributed by atoms with Gasteiger partial charge in [-0.25, -0.2) is 17.5 Å². The highest BCUT2D eigenvalue weighted by Gasteiger charge is 2.21. The third kappa shape index (κ3) is 4.20. The summed E-state index contributed by atoms with van der Waals surface area (Å²) in [4.78, 5) is -0.275. The van der Waals surface area contributed by atoms with Crippen LogP contribution in [-0.2, 0) is 10.0 Å². The first-order valence-corrected chi connectivity index (χ1v) is 6.79. The van der Waals surface area contributed by atoms with E-state index in [1.54, 1.807) is 20.0 Å². The van der Waals surface area contributed by atoms with Gasteiger partial charge >= 0.3 is 0 Å². The molecule has 0 bridgehead atoms. The third-order valence-corrected chi connectivity index (χ3v) is 4.11. The van der Waals surface area contributed by atoms with Crippen molar-refractivity contribution in [3.05, 3.63) is 29.6 Å². The lowest BCUT2D eigenvalue weighted by atomic mass is 10.2. The Balaban J connectivity index is 0.00000289. The van der Waals surface area contributed by atoms with Crippen LogP contribution in [0.5, 0.6) is 0 Å². The van der Waals surface area contributed by atoms with Gasteiger partial charge in [0, 0.05) is 12.6 Å². The zero-order chi connectivity index (χ0) is 13.1. The summed E-state index contributed by atoms with van der Waals surface area (Å²) >= 11 is 0. The first-order valence-electron chi connectivity index (χ1n) is 5.30. The van der Waals surface area contributed by atoms with Gasteiger partial charge < -0.3 is 5.32 Å². The second kappa shape index (κ2) is 7.04. The number of sulfonamides is 1. The number of likely N-dealkylation sites (N-methyl/N-ethyl adjacent to an activating group) is 1. The molecule has 0 spiro atoms. The topological polar surface area (TPSA) is 58.2 Å². The second-order valence-electron chi connectivity index (χ2n) is 3.93. The van der Waals surface area contributed by atoms with Crippen molar-refractivity contribution in [1.29, 1.82) is 0 Å². The van der Waals surface area contributed by atoms with E-state index in [4.69, 9.17) is 0 Å². The Bertz CT molecular complexity index is 474. The van der Waals surface area contributed by atoms with E-state index in [1.165, 1.54) is 6.07 Å². The fraction of sp³-hybridized carbons (Fsp3) is 0.455. The Labute approximate surface area is 113 Å². The average Bonchev–Trinajstić information content (AvgIpc) is 2.25. The lowest BCUT2D eigenvalue weighted by Gasteiger charge is -2.13. The maximum Gasteiger partial charge on any atom is 0.243 e. The van der Waals surface area contributed by atoms with Crippen LogP contribution in [0.3, 0.4) is 0 Å². The van der Waals surface area contributed by atoms with Crippen molar-refractivity contribution in [1.82, 2.24) is 10.0 Å².